The third kappa shape index (κ3) is 5.37. The van der Waals surface area contributed by atoms with Gasteiger partial charge in [-0.25, -0.2) is 9.07 Å². The summed E-state index contributed by atoms with van der Waals surface area (Å²) >= 11 is 0. The first-order valence-electron chi connectivity index (χ1n) is 12.4. The van der Waals surface area contributed by atoms with Gasteiger partial charge in [-0.2, -0.15) is 18.3 Å². The van der Waals surface area contributed by atoms with Crippen LogP contribution >= 0.6 is 0 Å². The Hall–Kier alpha value is -4.76. The minimum Gasteiger partial charge on any atom is -0.326 e. The molecule has 202 valence electrons. The lowest BCUT2D eigenvalue weighted by atomic mass is 9.92. The molecule has 3 N–H and O–H groups in total. The highest BCUT2D eigenvalue weighted by Crippen LogP contribution is 2.35. The molecule has 5 nitrogen and oxygen atoms in total. The van der Waals surface area contributed by atoms with Gasteiger partial charge in [0.1, 0.15) is 11.5 Å². The van der Waals surface area contributed by atoms with E-state index < -0.39 is 29.3 Å². The summed E-state index contributed by atoms with van der Waals surface area (Å²) in [7, 11) is 0. The summed E-state index contributed by atoms with van der Waals surface area (Å²) in [6, 6.07) is 26.7. The minimum atomic E-state index is -4.79. The predicted molar refractivity (Wildman–Crippen MR) is 146 cm³/mol. The number of amides is 1. The molecule has 0 aliphatic heterocycles. The van der Waals surface area contributed by atoms with E-state index in [1.807, 2.05) is 55.5 Å². The van der Waals surface area contributed by atoms with Crippen LogP contribution in [0.5, 0.6) is 0 Å². The molecule has 0 aliphatic rings. The van der Waals surface area contributed by atoms with E-state index in [0.717, 1.165) is 26.9 Å². The molecule has 40 heavy (non-hydrogen) atoms. The molecule has 0 fully saturated rings. The maximum Gasteiger partial charge on any atom is 0.435 e. The standard InChI is InChI=1S/C31H24F4N4O/c1-19-7-2-3-10-23(19)25-12-5-4-11-24(25)21-13-14-27(26(32)16-21)37-30(40)28-17-29(31(33,34)35)38-39(28)22-9-6-8-20(15-22)18-36/h2-17H,18,36H2,1H3,(H,37,40). The SMILES string of the molecule is Cc1ccccc1-c1ccccc1-c1ccc(NC(=O)c2cc(C(F)(F)F)nn2-c2cccc(CN)c2)c(F)c1. The number of aromatic nitrogens is 2. The fourth-order valence-electron chi connectivity index (χ4n) is 4.51. The van der Waals surface area contributed by atoms with Gasteiger partial charge in [0.2, 0.25) is 0 Å². The van der Waals surface area contributed by atoms with Crippen molar-refractivity contribution in [2.45, 2.75) is 19.6 Å². The number of nitrogens with one attached hydrogen (secondary N) is 1. The van der Waals surface area contributed by atoms with Crippen LogP contribution in [0.15, 0.2) is 97.1 Å². The molecule has 5 aromatic rings. The molecule has 0 saturated heterocycles. The number of halogens is 4. The zero-order chi connectivity index (χ0) is 28.4. The molecule has 4 aromatic carbocycles. The van der Waals surface area contributed by atoms with Gasteiger partial charge in [0.25, 0.3) is 5.91 Å². The molecule has 0 atom stereocenters. The van der Waals surface area contributed by atoms with Crippen LogP contribution in [0.3, 0.4) is 0 Å². The van der Waals surface area contributed by atoms with Crippen LogP contribution in [0.4, 0.5) is 23.2 Å². The van der Waals surface area contributed by atoms with E-state index in [1.165, 1.54) is 24.3 Å². The third-order valence-corrected chi connectivity index (χ3v) is 6.51. The summed E-state index contributed by atoms with van der Waals surface area (Å²) in [5.41, 5.74) is 9.03. The van der Waals surface area contributed by atoms with E-state index in [4.69, 9.17) is 5.73 Å². The zero-order valence-corrected chi connectivity index (χ0v) is 21.3. The molecule has 0 radical (unpaired) electrons. The van der Waals surface area contributed by atoms with Crippen molar-refractivity contribution in [3.63, 3.8) is 0 Å². The Morgan fingerprint density at radius 2 is 1.57 bits per heavy atom. The van der Waals surface area contributed by atoms with Gasteiger partial charge in [0.05, 0.1) is 11.4 Å². The van der Waals surface area contributed by atoms with Gasteiger partial charge in [0, 0.05) is 12.6 Å². The lowest BCUT2D eigenvalue weighted by Gasteiger charge is -2.14. The van der Waals surface area contributed by atoms with Crippen LogP contribution in [0, 0.1) is 12.7 Å². The fraction of sp³-hybridized carbons (Fsp3) is 0.0968. The second-order valence-corrected chi connectivity index (χ2v) is 9.21. The molecule has 0 saturated carbocycles. The number of rotatable bonds is 6. The number of carbonyl (C=O) groups excluding carboxylic acids is 1. The maximum absolute atomic E-state index is 15.3. The average molecular weight is 545 g/mol. The first-order valence-corrected chi connectivity index (χ1v) is 12.4. The second kappa shape index (κ2) is 10.8. The molecule has 0 aliphatic carbocycles. The van der Waals surface area contributed by atoms with E-state index in [-0.39, 0.29) is 17.9 Å². The largest absolute Gasteiger partial charge is 0.435 e. The maximum atomic E-state index is 15.3. The number of nitrogens with zero attached hydrogens (tertiary/aromatic N) is 2. The molecule has 1 aromatic heterocycles. The normalized spacial score (nSPS) is 11.4. The Morgan fingerprint density at radius 1 is 0.875 bits per heavy atom. The Bertz CT molecular complexity index is 1710. The van der Waals surface area contributed by atoms with E-state index in [1.54, 1.807) is 18.2 Å². The van der Waals surface area contributed by atoms with Gasteiger partial charge in [-0.15, -0.1) is 0 Å². The number of nitrogens with two attached hydrogens (primary N) is 1. The van der Waals surface area contributed by atoms with E-state index in [0.29, 0.717) is 17.2 Å². The lowest BCUT2D eigenvalue weighted by Crippen LogP contribution is -2.18. The first-order chi connectivity index (χ1) is 19.2. The smallest absolute Gasteiger partial charge is 0.326 e. The van der Waals surface area contributed by atoms with E-state index in [2.05, 4.69) is 10.4 Å². The average Bonchev–Trinajstić information content (AvgIpc) is 3.41. The van der Waals surface area contributed by atoms with Crippen LogP contribution in [-0.2, 0) is 12.7 Å². The fourth-order valence-corrected chi connectivity index (χ4v) is 4.51. The van der Waals surface area contributed by atoms with Crippen molar-refractivity contribution in [2.24, 2.45) is 5.73 Å². The van der Waals surface area contributed by atoms with Crippen molar-refractivity contribution in [1.82, 2.24) is 9.78 Å². The van der Waals surface area contributed by atoms with Crippen molar-refractivity contribution in [2.75, 3.05) is 5.32 Å². The summed E-state index contributed by atoms with van der Waals surface area (Å²) in [6.07, 6.45) is -4.79. The Balaban J connectivity index is 1.49. The van der Waals surface area contributed by atoms with Gasteiger partial charge in [-0.3, -0.25) is 4.79 Å². The van der Waals surface area contributed by atoms with Crippen molar-refractivity contribution in [3.05, 3.63) is 125 Å². The van der Waals surface area contributed by atoms with Crippen LogP contribution in [0.1, 0.15) is 27.3 Å². The monoisotopic (exact) mass is 544 g/mol. The molecule has 1 heterocycles. The topological polar surface area (TPSA) is 72.9 Å². The molecule has 0 spiro atoms. The Kier molecular flexibility index (Phi) is 7.23. The molecular formula is C31H24F4N4O. The van der Waals surface area contributed by atoms with Crippen molar-refractivity contribution < 1.29 is 22.4 Å². The zero-order valence-electron chi connectivity index (χ0n) is 21.3. The molecule has 5 rings (SSSR count). The highest BCUT2D eigenvalue weighted by molar-refractivity contribution is 6.03. The second-order valence-electron chi connectivity index (χ2n) is 9.21. The van der Waals surface area contributed by atoms with Gasteiger partial charge < -0.3 is 11.1 Å². The molecular weight excluding hydrogens is 520 g/mol. The quantitative estimate of drug-likeness (QED) is 0.219. The number of alkyl halides is 3. The molecule has 0 bridgehead atoms. The van der Waals surface area contributed by atoms with Gasteiger partial charge in [-0.05, 0) is 64.6 Å². The summed E-state index contributed by atoms with van der Waals surface area (Å²) < 4.78 is 56.7. The van der Waals surface area contributed by atoms with E-state index in [9.17, 15) is 18.0 Å². The molecule has 1 amide bonds. The minimum absolute atomic E-state index is 0.146. The number of carbonyl (C=O) groups is 1. The predicted octanol–water partition coefficient (Wildman–Crippen LogP) is 7.38. The van der Waals surface area contributed by atoms with Crippen LogP contribution in [0.25, 0.3) is 27.9 Å². The van der Waals surface area contributed by atoms with Gasteiger partial charge in [-0.1, -0.05) is 66.7 Å². The highest BCUT2D eigenvalue weighted by atomic mass is 19.4. The molecule has 0 unspecified atom stereocenters. The Morgan fingerprint density at radius 3 is 2.25 bits per heavy atom. The number of hydrogen-bond acceptors (Lipinski definition) is 3. The summed E-state index contributed by atoms with van der Waals surface area (Å²) in [5.74, 6) is -1.69. The Labute approximate surface area is 227 Å². The summed E-state index contributed by atoms with van der Waals surface area (Å²) in [4.78, 5) is 13.2. The van der Waals surface area contributed by atoms with Crippen LogP contribution in [-0.4, -0.2) is 15.7 Å². The van der Waals surface area contributed by atoms with Crippen LogP contribution in [0.2, 0.25) is 0 Å². The van der Waals surface area contributed by atoms with Crippen LogP contribution < -0.4 is 11.1 Å². The molecule has 9 heteroatoms. The number of anilines is 1. The highest BCUT2D eigenvalue weighted by Gasteiger charge is 2.36. The van der Waals surface area contributed by atoms with E-state index >= 15 is 4.39 Å². The first kappa shape index (κ1) is 26.8. The van der Waals surface area contributed by atoms with Gasteiger partial charge >= 0.3 is 6.18 Å². The number of hydrogen-bond donors (Lipinski definition) is 2. The number of aryl methyl sites for hydroxylation is 1. The summed E-state index contributed by atoms with van der Waals surface area (Å²) in [6.45, 7) is 2.14. The third-order valence-electron chi connectivity index (χ3n) is 6.51. The summed E-state index contributed by atoms with van der Waals surface area (Å²) in [5, 5.41) is 6.01. The van der Waals surface area contributed by atoms with Crippen molar-refractivity contribution in [3.8, 4) is 27.9 Å². The van der Waals surface area contributed by atoms with Crippen molar-refractivity contribution in [1.29, 1.82) is 0 Å². The lowest BCUT2D eigenvalue weighted by molar-refractivity contribution is -0.141. The van der Waals surface area contributed by atoms with Crippen molar-refractivity contribution >= 4 is 11.6 Å². The number of benzene rings is 4. The van der Waals surface area contributed by atoms with Gasteiger partial charge in [0.15, 0.2) is 5.69 Å².